The number of carbonyl (C=O) groups is 1. The molecule has 3 rings (SSSR count). The maximum absolute atomic E-state index is 12.6. The van der Waals surface area contributed by atoms with Crippen LogP contribution < -0.4 is 5.32 Å². The minimum atomic E-state index is -0.0553. The SMILES string of the molecule is COCCNc1ccc(C(=O)N2CCN(Cc3ccccc3)CC2)nn1. The minimum Gasteiger partial charge on any atom is -0.383 e. The third-order valence-corrected chi connectivity index (χ3v) is 4.40. The van der Waals surface area contributed by atoms with Crippen molar-refractivity contribution in [3.8, 4) is 0 Å². The monoisotopic (exact) mass is 355 g/mol. The lowest BCUT2D eigenvalue weighted by Gasteiger charge is -2.34. The Hall–Kier alpha value is -2.51. The summed E-state index contributed by atoms with van der Waals surface area (Å²) in [6, 6.07) is 13.9. The van der Waals surface area contributed by atoms with Gasteiger partial charge in [-0.05, 0) is 17.7 Å². The Balaban J connectivity index is 1.48. The molecule has 26 heavy (non-hydrogen) atoms. The first-order valence-electron chi connectivity index (χ1n) is 8.88. The van der Waals surface area contributed by atoms with Crippen LogP contribution in [0.1, 0.15) is 16.1 Å². The summed E-state index contributed by atoms with van der Waals surface area (Å²) in [5.74, 6) is 0.589. The summed E-state index contributed by atoms with van der Waals surface area (Å²) in [4.78, 5) is 16.8. The maximum atomic E-state index is 12.6. The number of aromatic nitrogens is 2. The van der Waals surface area contributed by atoms with Crippen LogP contribution in [0.25, 0.3) is 0 Å². The Bertz CT molecular complexity index is 685. The first-order chi connectivity index (χ1) is 12.8. The van der Waals surface area contributed by atoms with Crippen molar-refractivity contribution in [2.24, 2.45) is 0 Å². The van der Waals surface area contributed by atoms with E-state index in [4.69, 9.17) is 4.74 Å². The second-order valence-electron chi connectivity index (χ2n) is 6.28. The van der Waals surface area contributed by atoms with E-state index in [1.807, 2.05) is 11.0 Å². The van der Waals surface area contributed by atoms with Gasteiger partial charge < -0.3 is 15.0 Å². The van der Waals surface area contributed by atoms with Crippen LogP contribution >= 0.6 is 0 Å². The summed E-state index contributed by atoms with van der Waals surface area (Å²) >= 11 is 0. The van der Waals surface area contributed by atoms with Crippen LogP contribution in [-0.4, -0.2) is 72.3 Å². The molecule has 7 nitrogen and oxygen atoms in total. The highest BCUT2D eigenvalue weighted by Gasteiger charge is 2.23. The molecule has 0 bridgehead atoms. The number of anilines is 1. The van der Waals surface area contributed by atoms with Crippen molar-refractivity contribution >= 4 is 11.7 Å². The molecular formula is C19H25N5O2. The van der Waals surface area contributed by atoms with Gasteiger partial charge in [-0.25, -0.2) is 0 Å². The molecule has 0 radical (unpaired) electrons. The molecule has 0 aliphatic carbocycles. The lowest BCUT2D eigenvalue weighted by Crippen LogP contribution is -2.48. The average Bonchev–Trinajstić information content (AvgIpc) is 2.70. The van der Waals surface area contributed by atoms with E-state index in [9.17, 15) is 4.79 Å². The molecule has 1 aliphatic rings. The number of methoxy groups -OCH3 is 1. The first-order valence-corrected chi connectivity index (χ1v) is 8.88. The maximum Gasteiger partial charge on any atom is 0.274 e. The molecule has 7 heteroatoms. The molecule has 0 spiro atoms. The fourth-order valence-corrected chi connectivity index (χ4v) is 2.93. The Kier molecular flexibility index (Phi) is 6.51. The van der Waals surface area contributed by atoms with Crippen LogP contribution in [0.4, 0.5) is 5.82 Å². The fourth-order valence-electron chi connectivity index (χ4n) is 2.93. The topological polar surface area (TPSA) is 70.6 Å². The number of hydrogen-bond acceptors (Lipinski definition) is 6. The molecule has 138 valence electrons. The van der Waals surface area contributed by atoms with Crippen LogP contribution in [0.3, 0.4) is 0 Å². The van der Waals surface area contributed by atoms with Crippen LogP contribution in [0, 0.1) is 0 Å². The number of piperazine rings is 1. The number of amides is 1. The number of benzene rings is 1. The second kappa shape index (κ2) is 9.26. The van der Waals surface area contributed by atoms with E-state index in [0.29, 0.717) is 37.8 Å². The molecule has 1 aromatic heterocycles. The number of ether oxygens (including phenoxy) is 1. The van der Waals surface area contributed by atoms with E-state index in [0.717, 1.165) is 19.6 Å². The van der Waals surface area contributed by atoms with E-state index in [2.05, 4.69) is 44.7 Å². The molecule has 1 saturated heterocycles. The van der Waals surface area contributed by atoms with Crippen LogP contribution in [0.15, 0.2) is 42.5 Å². The Morgan fingerprint density at radius 1 is 1.08 bits per heavy atom. The highest BCUT2D eigenvalue weighted by atomic mass is 16.5. The van der Waals surface area contributed by atoms with Gasteiger partial charge in [-0.15, -0.1) is 10.2 Å². The molecule has 1 amide bonds. The van der Waals surface area contributed by atoms with Gasteiger partial charge in [-0.2, -0.15) is 0 Å². The van der Waals surface area contributed by atoms with Crippen molar-refractivity contribution in [3.63, 3.8) is 0 Å². The second-order valence-corrected chi connectivity index (χ2v) is 6.28. The largest absolute Gasteiger partial charge is 0.383 e. The van der Waals surface area contributed by atoms with Gasteiger partial charge in [0, 0.05) is 46.4 Å². The lowest BCUT2D eigenvalue weighted by atomic mass is 10.2. The van der Waals surface area contributed by atoms with E-state index in [1.165, 1.54) is 5.56 Å². The normalized spacial score (nSPS) is 15.0. The molecule has 2 aromatic rings. The highest BCUT2D eigenvalue weighted by Crippen LogP contribution is 2.11. The zero-order chi connectivity index (χ0) is 18.2. The molecule has 1 N–H and O–H groups in total. The molecule has 0 atom stereocenters. The average molecular weight is 355 g/mol. The predicted octanol–water partition coefficient (Wildman–Crippen LogP) is 1.49. The molecular weight excluding hydrogens is 330 g/mol. The lowest BCUT2D eigenvalue weighted by molar-refractivity contribution is 0.0621. The van der Waals surface area contributed by atoms with E-state index < -0.39 is 0 Å². The van der Waals surface area contributed by atoms with E-state index >= 15 is 0 Å². The Morgan fingerprint density at radius 2 is 1.85 bits per heavy atom. The third kappa shape index (κ3) is 5.00. The number of rotatable bonds is 7. The van der Waals surface area contributed by atoms with Gasteiger partial charge in [0.15, 0.2) is 5.69 Å². The van der Waals surface area contributed by atoms with Crippen molar-refractivity contribution in [3.05, 3.63) is 53.7 Å². The van der Waals surface area contributed by atoms with Gasteiger partial charge in [0.05, 0.1) is 6.61 Å². The molecule has 0 unspecified atom stereocenters. The van der Waals surface area contributed by atoms with Gasteiger partial charge in [0.1, 0.15) is 5.82 Å². The highest BCUT2D eigenvalue weighted by molar-refractivity contribution is 5.92. The summed E-state index contributed by atoms with van der Waals surface area (Å²) in [6.07, 6.45) is 0. The van der Waals surface area contributed by atoms with Crippen molar-refractivity contribution < 1.29 is 9.53 Å². The first kappa shape index (κ1) is 18.3. The molecule has 1 fully saturated rings. The van der Waals surface area contributed by atoms with Crippen molar-refractivity contribution in [2.75, 3.05) is 51.8 Å². The Morgan fingerprint density at radius 3 is 2.50 bits per heavy atom. The predicted molar refractivity (Wildman–Crippen MR) is 100 cm³/mol. The third-order valence-electron chi connectivity index (χ3n) is 4.40. The van der Waals surface area contributed by atoms with E-state index in [1.54, 1.807) is 19.2 Å². The molecule has 2 heterocycles. The van der Waals surface area contributed by atoms with Gasteiger partial charge in [0.2, 0.25) is 0 Å². The van der Waals surface area contributed by atoms with Crippen molar-refractivity contribution in [1.82, 2.24) is 20.0 Å². The summed E-state index contributed by atoms with van der Waals surface area (Å²) in [6.45, 7) is 5.32. The summed E-state index contributed by atoms with van der Waals surface area (Å²) in [5.41, 5.74) is 1.69. The van der Waals surface area contributed by atoms with Crippen molar-refractivity contribution in [2.45, 2.75) is 6.54 Å². The fraction of sp³-hybridized carbons (Fsp3) is 0.421. The van der Waals surface area contributed by atoms with Gasteiger partial charge in [-0.3, -0.25) is 9.69 Å². The van der Waals surface area contributed by atoms with Gasteiger partial charge in [0.25, 0.3) is 5.91 Å². The molecule has 1 aliphatic heterocycles. The zero-order valence-electron chi connectivity index (χ0n) is 15.1. The van der Waals surface area contributed by atoms with Crippen molar-refractivity contribution in [1.29, 1.82) is 0 Å². The van der Waals surface area contributed by atoms with E-state index in [-0.39, 0.29) is 5.91 Å². The number of carbonyl (C=O) groups excluding carboxylic acids is 1. The summed E-state index contributed by atoms with van der Waals surface area (Å²) in [7, 11) is 1.65. The zero-order valence-corrected chi connectivity index (χ0v) is 15.1. The minimum absolute atomic E-state index is 0.0553. The quantitative estimate of drug-likeness (QED) is 0.759. The van der Waals surface area contributed by atoms with Crippen LogP contribution in [0.5, 0.6) is 0 Å². The van der Waals surface area contributed by atoms with Crippen LogP contribution in [0.2, 0.25) is 0 Å². The van der Waals surface area contributed by atoms with Gasteiger partial charge >= 0.3 is 0 Å². The number of nitrogens with one attached hydrogen (secondary N) is 1. The molecule has 1 aromatic carbocycles. The Labute approximate surface area is 154 Å². The summed E-state index contributed by atoms with van der Waals surface area (Å²) in [5, 5.41) is 11.2. The number of hydrogen-bond donors (Lipinski definition) is 1. The standard InChI is InChI=1S/C19H25N5O2/c1-26-14-9-20-18-8-7-17(21-22-18)19(25)24-12-10-23(11-13-24)15-16-5-3-2-4-6-16/h2-8H,9-15H2,1H3,(H,20,22). The smallest absolute Gasteiger partial charge is 0.274 e. The molecule has 0 saturated carbocycles. The summed E-state index contributed by atoms with van der Waals surface area (Å²) < 4.78 is 4.98. The number of nitrogens with zero attached hydrogens (tertiary/aromatic N) is 4. The van der Waals surface area contributed by atoms with Gasteiger partial charge in [-0.1, -0.05) is 30.3 Å². The van der Waals surface area contributed by atoms with Crippen LogP contribution in [-0.2, 0) is 11.3 Å².